The molecule has 1 aromatic carbocycles. The van der Waals surface area contributed by atoms with Crippen LogP contribution in [0.4, 0.5) is 0 Å². The van der Waals surface area contributed by atoms with Crippen molar-refractivity contribution in [2.24, 2.45) is 5.92 Å². The van der Waals surface area contributed by atoms with E-state index in [1.165, 1.54) is 24.8 Å². The fourth-order valence-corrected chi connectivity index (χ4v) is 3.33. The topological polar surface area (TPSA) is 29.5 Å². The first-order valence-corrected chi connectivity index (χ1v) is 7.50. The summed E-state index contributed by atoms with van der Waals surface area (Å²) < 4.78 is 6.23. The summed E-state index contributed by atoms with van der Waals surface area (Å²) in [7, 11) is 1.68. The quantitative estimate of drug-likeness (QED) is 0.857. The second-order valence-electron chi connectivity index (χ2n) is 5.14. The SMILES string of the molecule is COc1ccc(CC2CCCCCC2O)cc1Br. The zero-order chi connectivity index (χ0) is 13.0. The zero-order valence-corrected chi connectivity index (χ0v) is 12.4. The molecule has 0 bridgehead atoms. The second-order valence-corrected chi connectivity index (χ2v) is 5.99. The summed E-state index contributed by atoms with van der Waals surface area (Å²) in [6.07, 6.45) is 6.62. The summed E-state index contributed by atoms with van der Waals surface area (Å²) in [5, 5.41) is 10.1. The minimum atomic E-state index is -0.131. The molecule has 18 heavy (non-hydrogen) atoms. The van der Waals surface area contributed by atoms with Crippen LogP contribution in [0, 0.1) is 5.92 Å². The lowest BCUT2D eigenvalue weighted by atomic mass is 9.90. The van der Waals surface area contributed by atoms with Crippen molar-refractivity contribution in [2.75, 3.05) is 7.11 Å². The van der Waals surface area contributed by atoms with Gasteiger partial charge in [-0.05, 0) is 58.8 Å². The molecule has 0 spiro atoms. The number of benzene rings is 1. The molecule has 2 atom stereocenters. The molecule has 1 aliphatic carbocycles. The van der Waals surface area contributed by atoms with Crippen molar-refractivity contribution in [2.45, 2.75) is 44.6 Å². The summed E-state index contributed by atoms with van der Waals surface area (Å²) >= 11 is 3.52. The number of halogens is 1. The van der Waals surface area contributed by atoms with Crippen LogP contribution in [0.5, 0.6) is 5.75 Å². The van der Waals surface area contributed by atoms with E-state index in [1.807, 2.05) is 6.07 Å². The fraction of sp³-hybridized carbons (Fsp3) is 0.600. The van der Waals surface area contributed by atoms with Gasteiger partial charge in [0.05, 0.1) is 17.7 Å². The van der Waals surface area contributed by atoms with Crippen molar-refractivity contribution >= 4 is 15.9 Å². The van der Waals surface area contributed by atoms with E-state index in [0.717, 1.165) is 29.5 Å². The van der Waals surface area contributed by atoms with Gasteiger partial charge in [-0.15, -0.1) is 0 Å². The van der Waals surface area contributed by atoms with Crippen LogP contribution < -0.4 is 4.74 Å². The van der Waals surface area contributed by atoms with Crippen molar-refractivity contribution in [3.63, 3.8) is 0 Å². The first-order valence-electron chi connectivity index (χ1n) is 6.71. The Bertz CT molecular complexity index is 392. The molecule has 1 saturated carbocycles. The molecule has 2 rings (SSSR count). The van der Waals surface area contributed by atoms with Gasteiger partial charge < -0.3 is 9.84 Å². The van der Waals surface area contributed by atoms with Gasteiger partial charge in [-0.25, -0.2) is 0 Å². The van der Waals surface area contributed by atoms with Gasteiger partial charge in [-0.3, -0.25) is 0 Å². The maximum atomic E-state index is 10.1. The first-order chi connectivity index (χ1) is 8.70. The van der Waals surface area contributed by atoms with Crippen molar-refractivity contribution in [1.29, 1.82) is 0 Å². The Labute approximate surface area is 117 Å². The molecular weight excluding hydrogens is 292 g/mol. The van der Waals surface area contributed by atoms with Crippen LogP contribution in [-0.4, -0.2) is 18.3 Å². The average molecular weight is 313 g/mol. The van der Waals surface area contributed by atoms with E-state index in [1.54, 1.807) is 7.11 Å². The van der Waals surface area contributed by atoms with E-state index in [9.17, 15) is 5.11 Å². The second kappa shape index (κ2) is 6.58. The van der Waals surface area contributed by atoms with Crippen molar-refractivity contribution in [3.8, 4) is 5.75 Å². The predicted molar refractivity (Wildman–Crippen MR) is 77.0 cm³/mol. The van der Waals surface area contributed by atoms with Crippen LogP contribution in [0.15, 0.2) is 22.7 Å². The Morgan fingerprint density at radius 1 is 1.28 bits per heavy atom. The molecule has 1 aliphatic rings. The number of aliphatic hydroxyl groups excluding tert-OH is 1. The van der Waals surface area contributed by atoms with Gasteiger partial charge in [0.15, 0.2) is 0 Å². The monoisotopic (exact) mass is 312 g/mol. The summed E-state index contributed by atoms with van der Waals surface area (Å²) in [6, 6.07) is 6.19. The minimum absolute atomic E-state index is 0.131. The predicted octanol–water partition coefficient (Wildman–Crippen LogP) is 3.94. The number of hydrogen-bond acceptors (Lipinski definition) is 2. The third-order valence-electron chi connectivity index (χ3n) is 3.83. The molecule has 0 amide bonds. The highest BCUT2D eigenvalue weighted by atomic mass is 79.9. The smallest absolute Gasteiger partial charge is 0.133 e. The molecule has 0 radical (unpaired) electrons. The molecule has 0 aromatic heterocycles. The number of rotatable bonds is 3. The van der Waals surface area contributed by atoms with Gasteiger partial charge in [0.1, 0.15) is 5.75 Å². The molecule has 3 heteroatoms. The van der Waals surface area contributed by atoms with Gasteiger partial charge in [0.25, 0.3) is 0 Å². The van der Waals surface area contributed by atoms with E-state index in [-0.39, 0.29) is 6.10 Å². The van der Waals surface area contributed by atoms with Gasteiger partial charge >= 0.3 is 0 Å². The Morgan fingerprint density at radius 3 is 2.78 bits per heavy atom. The molecule has 0 saturated heterocycles. The van der Waals surface area contributed by atoms with Crippen LogP contribution in [0.1, 0.15) is 37.7 Å². The molecule has 1 N–H and O–H groups in total. The third-order valence-corrected chi connectivity index (χ3v) is 4.45. The summed E-state index contributed by atoms with van der Waals surface area (Å²) in [5.41, 5.74) is 1.27. The molecule has 0 heterocycles. The van der Waals surface area contributed by atoms with E-state index >= 15 is 0 Å². The van der Waals surface area contributed by atoms with E-state index in [0.29, 0.717) is 5.92 Å². The first kappa shape index (κ1) is 13.9. The standard InChI is InChI=1S/C15H21BrO2/c1-18-15-8-7-11(10-13(15)16)9-12-5-3-2-4-6-14(12)17/h7-8,10,12,14,17H,2-6,9H2,1H3. The van der Waals surface area contributed by atoms with Crippen molar-refractivity contribution in [3.05, 3.63) is 28.2 Å². The lowest BCUT2D eigenvalue weighted by molar-refractivity contribution is 0.101. The number of hydrogen-bond donors (Lipinski definition) is 1. The summed E-state index contributed by atoms with van der Waals surface area (Å²) in [6.45, 7) is 0. The van der Waals surface area contributed by atoms with E-state index < -0.39 is 0 Å². The van der Waals surface area contributed by atoms with Crippen LogP contribution >= 0.6 is 15.9 Å². The van der Waals surface area contributed by atoms with E-state index in [4.69, 9.17) is 4.74 Å². The van der Waals surface area contributed by atoms with Crippen LogP contribution in [-0.2, 0) is 6.42 Å². The van der Waals surface area contributed by atoms with Crippen molar-refractivity contribution in [1.82, 2.24) is 0 Å². The summed E-state index contributed by atoms with van der Waals surface area (Å²) in [5.74, 6) is 1.27. The molecule has 1 fully saturated rings. The molecule has 2 unspecified atom stereocenters. The van der Waals surface area contributed by atoms with Crippen LogP contribution in [0.2, 0.25) is 0 Å². The third kappa shape index (κ3) is 3.48. The molecule has 2 nitrogen and oxygen atoms in total. The van der Waals surface area contributed by atoms with Gasteiger partial charge in [-0.2, -0.15) is 0 Å². The molecule has 0 aliphatic heterocycles. The van der Waals surface area contributed by atoms with Crippen molar-refractivity contribution < 1.29 is 9.84 Å². The minimum Gasteiger partial charge on any atom is -0.496 e. The van der Waals surface area contributed by atoms with E-state index in [2.05, 4.69) is 28.1 Å². The normalized spacial score (nSPS) is 24.6. The van der Waals surface area contributed by atoms with Gasteiger partial charge in [-0.1, -0.05) is 25.3 Å². The lowest BCUT2D eigenvalue weighted by Crippen LogP contribution is -2.21. The van der Waals surface area contributed by atoms with Crippen LogP contribution in [0.3, 0.4) is 0 Å². The Morgan fingerprint density at radius 2 is 2.06 bits per heavy atom. The fourth-order valence-electron chi connectivity index (χ4n) is 2.74. The van der Waals surface area contributed by atoms with Crippen LogP contribution in [0.25, 0.3) is 0 Å². The highest BCUT2D eigenvalue weighted by Gasteiger charge is 2.21. The maximum absolute atomic E-state index is 10.1. The largest absolute Gasteiger partial charge is 0.496 e. The Hall–Kier alpha value is -0.540. The Balaban J connectivity index is 2.05. The molecule has 1 aromatic rings. The van der Waals surface area contributed by atoms with Gasteiger partial charge in [0, 0.05) is 0 Å². The highest BCUT2D eigenvalue weighted by Crippen LogP contribution is 2.30. The molecular formula is C15H21BrO2. The number of methoxy groups -OCH3 is 1. The summed E-state index contributed by atoms with van der Waals surface area (Å²) in [4.78, 5) is 0. The number of ether oxygens (including phenoxy) is 1. The highest BCUT2D eigenvalue weighted by molar-refractivity contribution is 9.10. The zero-order valence-electron chi connectivity index (χ0n) is 10.9. The molecule has 100 valence electrons. The number of aliphatic hydroxyl groups is 1. The lowest BCUT2D eigenvalue weighted by Gasteiger charge is -2.20. The average Bonchev–Trinajstić information content (AvgIpc) is 2.55. The van der Waals surface area contributed by atoms with Gasteiger partial charge in [0.2, 0.25) is 0 Å². The Kier molecular flexibility index (Phi) is 5.07. The maximum Gasteiger partial charge on any atom is 0.133 e.